The number of pyridine rings is 1. The summed E-state index contributed by atoms with van der Waals surface area (Å²) in [5.74, 6) is 0.593. The molecular formula is C19H16F3N5. The SMILES string of the molecule is CN(CC(F)(F)F)c1cccc2cc(Nc3n[nH]c4cccnc34)ccc12. The molecule has 138 valence electrons. The summed E-state index contributed by atoms with van der Waals surface area (Å²) < 4.78 is 38.2. The molecule has 2 N–H and O–H groups in total. The summed E-state index contributed by atoms with van der Waals surface area (Å²) in [6, 6.07) is 14.5. The number of aromatic nitrogens is 3. The Morgan fingerprint density at radius 3 is 2.78 bits per heavy atom. The van der Waals surface area contributed by atoms with Gasteiger partial charge in [-0.15, -0.1) is 0 Å². The van der Waals surface area contributed by atoms with E-state index < -0.39 is 12.7 Å². The van der Waals surface area contributed by atoms with Crippen molar-refractivity contribution in [2.45, 2.75) is 6.18 Å². The molecule has 0 saturated heterocycles. The van der Waals surface area contributed by atoms with E-state index in [2.05, 4.69) is 20.5 Å². The molecule has 0 unspecified atom stereocenters. The van der Waals surface area contributed by atoms with Crippen LogP contribution < -0.4 is 10.2 Å². The van der Waals surface area contributed by atoms with Gasteiger partial charge in [-0.25, -0.2) is 0 Å². The van der Waals surface area contributed by atoms with Gasteiger partial charge >= 0.3 is 6.18 Å². The first-order valence-corrected chi connectivity index (χ1v) is 8.27. The van der Waals surface area contributed by atoms with Gasteiger partial charge in [-0.05, 0) is 35.7 Å². The second-order valence-electron chi connectivity index (χ2n) is 6.28. The Hall–Kier alpha value is -3.29. The number of nitrogens with zero attached hydrogens (tertiary/aromatic N) is 3. The molecule has 0 bridgehead atoms. The lowest BCUT2D eigenvalue weighted by Crippen LogP contribution is -2.30. The first-order valence-electron chi connectivity index (χ1n) is 8.27. The molecule has 2 aromatic carbocycles. The van der Waals surface area contributed by atoms with Crippen molar-refractivity contribution in [3.05, 3.63) is 54.7 Å². The number of fused-ring (bicyclic) bond motifs is 2. The van der Waals surface area contributed by atoms with E-state index in [0.29, 0.717) is 11.5 Å². The zero-order chi connectivity index (χ0) is 19.0. The zero-order valence-corrected chi connectivity index (χ0v) is 14.4. The minimum atomic E-state index is -4.26. The summed E-state index contributed by atoms with van der Waals surface area (Å²) in [7, 11) is 1.44. The molecular weight excluding hydrogens is 355 g/mol. The minimum absolute atomic E-state index is 0.531. The van der Waals surface area contributed by atoms with Gasteiger partial charge in [-0.1, -0.05) is 18.2 Å². The number of benzene rings is 2. The predicted octanol–water partition coefficient (Wildman–Crippen LogP) is 4.85. The van der Waals surface area contributed by atoms with Crippen LogP contribution in [0.5, 0.6) is 0 Å². The first-order chi connectivity index (χ1) is 12.9. The van der Waals surface area contributed by atoms with Gasteiger partial charge in [0.1, 0.15) is 12.1 Å². The Kier molecular flexibility index (Phi) is 4.10. The van der Waals surface area contributed by atoms with Crippen LogP contribution in [0.15, 0.2) is 54.7 Å². The predicted molar refractivity (Wildman–Crippen MR) is 100 cm³/mol. The third kappa shape index (κ3) is 3.51. The van der Waals surface area contributed by atoms with Crippen LogP contribution in [0.4, 0.5) is 30.4 Å². The number of alkyl halides is 3. The van der Waals surface area contributed by atoms with Crippen LogP contribution in [0.25, 0.3) is 21.8 Å². The maximum Gasteiger partial charge on any atom is 0.405 e. The van der Waals surface area contributed by atoms with Gasteiger partial charge in [0.25, 0.3) is 0 Å². The highest BCUT2D eigenvalue weighted by Gasteiger charge is 2.29. The molecule has 2 heterocycles. The lowest BCUT2D eigenvalue weighted by atomic mass is 10.1. The molecule has 5 nitrogen and oxygen atoms in total. The van der Waals surface area contributed by atoms with E-state index in [1.54, 1.807) is 18.3 Å². The van der Waals surface area contributed by atoms with Crippen molar-refractivity contribution in [1.29, 1.82) is 0 Å². The van der Waals surface area contributed by atoms with Gasteiger partial charge in [-0.3, -0.25) is 10.1 Å². The number of nitrogens with one attached hydrogen (secondary N) is 2. The van der Waals surface area contributed by atoms with Crippen LogP contribution in [0.3, 0.4) is 0 Å². The lowest BCUT2D eigenvalue weighted by Gasteiger charge is -2.22. The average molecular weight is 371 g/mol. The van der Waals surface area contributed by atoms with Crippen LogP contribution >= 0.6 is 0 Å². The number of rotatable bonds is 4. The van der Waals surface area contributed by atoms with Gasteiger partial charge in [0.05, 0.1) is 5.52 Å². The molecule has 4 aromatic rings. The van der Waals surface area contributed by atoms with Crippen molar-refractivity contribution in [2.24, 2.45) is 0 Å². The van der Waals surface area contributed by atoms with Gasteiger partial charge in [0, 0.05) is 30.0 Å². The second kappa shape index (κ2) is 6.46. The molecule has 0 spiro atoms. The molecule has 0 aliphatic heterocycles. The molecule has 0 atom stereocenters. The van der Waals surface area contributed by atoms with Crippen molar-refractivity contribution >= 4 is 39.0 Å². The smallest absolute Gasteiger partial charge is 0.365 e. The fourth-order valence-electron chi connectivity index (χ4n) is 3.11. The Balaban J connectivity index is 1.67. The van der Waals surface area contributed by atoms with Crippen molar-refractivity contribution in [2.75, 3.05) is 23.8 Å². The van der Waals surface area contributed by atoms with E-state index in [9.17, 15) is 13.2 Å². The van der Waals surface area contributed by atoms with Crippen molar-refractivity contribution in [1.82, 2.24) is 15.2 Å². The Morgan fingerprint density at radius 2 is 1.96 bits per heavy atom. The van der Waals surface area contributed by atoms with Crippen molar-refractivity contribution in [3.8, 4) is 0 Å². The van der Waals surface area contributed by atoms with Crippen LogP contribution in [0, 0.1) is 0 Å². The maximum atomic E-state index is 12.7. The highest BCUT2D eigenvalue weighted by atomic mass is 19.4. The van der Waals surface area contributed by atoms with Crippen LogP contribution in [0.1, 0.15) is 0 Å². The number of hydrogen-bond donors (Lipinski definition) is 2. The van der Waals surface area contributed by atoms with E-state index in [0.717, 1.165) is 27.5 Å². The van der Waals surface area contributed by atoms with E-state index in [-0.39, 0.29) is 0 Å². The Bertz CT molecular complexity index is 1100. The van der Waals surface area contributed by atoms with Gasteiger partial charge in [0.2, 0.25) is 0 Å². The first kappa shape index (κ1) is 17.1. The third-order valence-corrected chi connectivity index (χ3v) is 4.27. The number of aromatic amines is 1. The van der Waals surface area contributed by atoms with Crippen LogP contribution in [-0.4, -0.2) is 35.0 Å². The van der Waals surface area contributed by atoms with E-state index in [1.165, 1.54) is 11.9 Å². The zero-order valence-electron chi connectivity index (χ0n) is 14.4. The molecule has 0 amide bonds. The highest BCUT2D eigenvalue weighted by Crippen LogP contribution is 2.31. The van der Waals surface area contributed by atoms with Gasteiger partial charge in [-0.2, -0.15) is 18.3 Å². The van der Waals surface area contributed by atoms with Crippen LogP contribution in [-0.2, 0) is 0 Å². The molecule has 0 fully saturated rings. The molecule has 0 radical (unpaired) electrons. The molecule has 0 aliphatic carbocycles. The van der Waals surface area contributed by atoms with E-state index in [4.69, 9.17) is 0 Å². The largest absolute Gasteiger partial charge is 0.405 e. The monoisotopic (exact) mass is 371 g/mol. The molecule has 0 aliphatic rings. The number of hydrogen-bond acceptors (Lipinski definition) is 4. The topological polar surface area (TPSA) is 56.8 Å². The standard InChI is InChI=1S/C19H16F3N5/c1-27(11-19(20,21)22)16-6-2-4-12-10-13(7-8-14(12)16)24-18-17-15(25-26-18)5-3-9-23-17/h2-10H,11H2,1H3,(H2,24,25,26). The quantitative estimate of drug-likeness (QED) is 0.538. The van der Waals surface area contributed by atoms with Gasteiger partial charge in [0.15, 0.2) is 5.82 Å². The Morgan fingerprint density at radius 1 is 1.11 bits per heavy atom. The molecule has 27 heavy (non-hydrogen) atoms. The maximum absolute atomic E-state index is 12.7. The summed E-state index contributed by atoms with van der Waals surface area (Å²) in [5, 5.41) is 11.9. The van der Waals surface area contributed by atoms with E-state index >= 15 is 0 Å². The summed E-state index contributed by atoms with van der Waals surface area (Å²) in [6.45, 7) is -1.00. The molecule has 2 aromatic heterocycles. The lowest BCUT2D eigenvalue weighted by molar-refractivity contribution is -0.119. The van der Waals surface area contributed by atoms with E-state index in [1.807, 2.05) is 36.4 Å². The third-order valence-electron chi connectivity index (χ3n) is 4.27. The van der Waals surface area contributed by atoms with Crippen LogP contribution in [0.2, 0.25) is 0 Å². The average Bonchev–Trinajstić information content (AvgIpc) is 3.03. The highest BCUT2D eigenvalue weighted by molar-refractivity contribution is 5.97. The van der Waals surface area contributed by atoms with Crippen molar-refractivity contribution in [3.63, 3.8) is 0 Å². The van der Waals surface area contributed by atoms with Gasteiger partial charge < -0.3 is 10.2 Å². The normalized spacial score (nSPS) is 11.9. The minimum Gasteiger partial charge on any atom is -0.365 e. The number of halogens is 3. The Labute approximate surface area is 152 Å². The summed E-state index contributed by atoms with van der Waals surface area (Å²) in [6.07, 6.45) is -2.57. The molecule has 0 saturated carbocycles. The summed E-state index contributed by atoms with van der Waals surface area (Å²) >= 11 is 0. The number of anilines is 3. The summed E-state index contributed by atoms with van der Waals surface area (Å²) in [4.78, 5) is 5.51. The fourth-order valence-corrected chi connectivity index (χ4v) is 3.11. The molecule has 4 rings (SSSR count). The second-order valence-corrected chi connectivity index (χ2v) is 6.28. The summed E-state index contributed by atoms with van der Waals surface area (Å²) in [5.41, 5.74) is 2.84. The fraction of sp³-hybridized carbons (Fsp3) is 0.158. The van der Waals surface area contributed by atoms with Crippen molar-refractivity contribution < 1.29 is 13.2 Å². The molecule has 8 heteroatoms. The number of H-pyrrole nitrogens is 1.